The molecule has 2 heterocycles. The molecule has 0 radical (unpaired) electrons. The number of amides is 1. The number of nitrogens with two attached hydrogens (primary N) is 1. The van der Waals surface area contributed by atoms with Crippen molar-refractivity contribution < 1.29 is 14.3 Å². The molecule has 7 nitrogen and oxygen atoms in total. The summed E-state index contributed by atoms with van der Waals surface area (Å²) in [5, 5.41) is 10.9. The van der Waals surface area contributed by atoms with Gasteiger partial charge in [0.05, 0.1) is 18.5 Å². The number of aliphatic hydroxyl groups excluding tert-OH is 1. The Kier molecular flexibility index (Phi) is 5.57. The van der Waals surface area contributed by atoms with Crippen LogP contribution in [0.3, 0.4) is 0 Å². The monoisotopic (exact) mass is 424 g/mol. The highest BCUT2D eigenvalue weighted by atomic mass is 35.5. The molecule has 0 aliphatic heterocycles. The minimum Gasteiger partial charge on any atom is -0.436 e. The fraction of sp³-hybridized carbons (Fsp3) is 0.227. The van der Waals surface area contributed by atoms with Crippen LogP contribution in [0.2, 0.25) is 5.02 Å². The first-order chi connectivity index (χ1) is 14.4. The Bertz CT molecular complexity index is 1180. The molecule has 2 aromatic heterocycles. The standard InChI is InChI=1S/C22H21ClN4O3/c1-13(28)19(27-11-18(21(24)29)25-12-27)10-7-14-3-2-4-17-20(14)30-22(26-17)15-5-8-16(23)9-6-15/h2-6,8-9,11-13,19,28H,7,10H2,1H3,(H2,24,29)/t13-,19+/m0/s1. The van der Waals surface area contributed by atoms with Gasteiger partial charge in [0, 0.05) is 16.8 Å². The van der Waals surface area contributed by atoms with E-state index in [9.17, 15) is 9.90 Å². The molecule has 8 heteroatoms. The molecular weight excluding hydrogens is 404 g/mol. The summed E-state index contributed by atoms with van der Waals surface area (Å²) < 4.78 is 7.79. The molecule has 154 valence electrons. The van der Waals surface area contributed by atoms with Crippen molar-refractivity contribution in [3.8, 4) is 11.5 Å². The van der Waals surface area contributed by atoms with E-state index in [2.05, 4.69) is 9.97 Å². The van der Waals surface area contributed by atoms with E-state index in [1.54, 1.807) is 29.8 Å². The molecule has 2 atom stereocenters. The molecule has 1 amide bonds. The first-order valence-corrected chi connectivity index (χ1v) is 9.96. The molecule has 0 saturated heterocycles. The van der Waals surface area contributed by atoms with Gasteiger partial charge in [-0.3, -0.25) is 4.79 Å². The summed E-state index contributed by atoms with van der Waals surface area (Å²) in [5.41, 5.74) is 8.78. The second-order valence-corrected chi connectivity index (χ2v) is 7.64. The number of benzene rings is 2. The lowest BCUT2D eigenvalue weighted by Crippen LogP contribution is -2.21. The molecule has 0 bridgehead atoms. The summed E-state index contributed by atoms with van der Waals surface area (Å²) in [6.45, 7) is 1.71. The number of imidazole rings is 1. The number of fused-ring (bicyclic) bond motifs is 1. The van der Waals surface area contributed by atoms with Crippen LogP contribution in [0.25, 0.3) is 22.6 Å². The van der Waals surface area contributed by atoms with Crippen LogP contribution in [0.5, 0.6) is 0 Å². The summed E-state index contributed by atoms with van der Waals surface area (Å²) in [6, 6.07) is 12.9. The van der Waals surface area contributed by atoms with Crippen molar-refractivity contribution in [3.63, 3.8) is 0 Å². The van der Waals surface area contributed by atoms with Gasteiger partial charge in [-0.05, 0) is 55.7 Å². The molecule has 0 unspecified atom stereocenters. The Morgan fingerprint density at radius 1 is 1.27 bits per heavy atom. The van der Waals surface area contributed by atoms with Gasteiger partial charge in [0.1, 0.15) is 11.2 Å². The molecule has 0 saturated carbocycles. The van der Waals surface area contributed by atoms with Crippen molar-refractivity contribution in [1.29, 1.82) is 0 Å². The fourth-order valence-corrected chi connectivity index (χ4v) is 3.63. The number of oxazole rings is 1. The van der Waals surface area contributed by atoms with E-state index in [4.69, 9.17) is 21.8 Å². The van der Waals surface area contributed by atoms with Crippen LogP contribution < -0.4 is 5.73 Å². The predicted molar refractivity (Wildman–Crippen MR) is 114 cm³/mol. The zero-order valence-electron chi connectivity index (χ0n) is 16.3. The average Bonchev–Trinajstić information content (AvgIpc) is 3.36. The number of aromatic nitrogens is 3. The molecule has 0 fully saturated rings. The second kappa shape index (κ2) is 8.30. The van der Waals surface area contributed by atoms with Gasteiger partial charge in [-0.15, -0.1) is 0 Å². The Morgan fingerprint density at radius 2 is 2.03 bits per heavy atom. The summed E-state index contributed by atoms with van der Waals surface area (Å²) in [6.07, 6.45) is 3.70. The number of aryl methyl sites for hydroxylation is 1. The SMILES string of the molecule is C[C@H](O)[C@@H](CCc1cccc2nc(-c3ccc(Cl)cc3)oc12)n1cnc(C(N)=O)c1. The van der Waals surface area contributed by atoms with Crippen LogP contribution in [0.1, 0.15) is 35.4 Å². The predicted octanol–water partition coefficient (Wildman–Crippen LogP) is 4.00. The summed E-state index contributed by atoms with van der Waals surface area (Å²) in [4.78, 5) is 19.9. The number of aliphatic hydroxyl groups is 1. The van der Waals surface area contributed by atoms with Crippen LogP contribution in [0.15, 0.2) is 59.4 Å². The van der Waals surface area contributed by atoms with Crippen molar-refractivity contribution in [1.82, 2.24) is 14.5 Å². The van der Waals surface area contributed by atoms with Crippen molar-refractivity contribution in [2.24, 2.45) is 5.73 Å². The zero-order valence-corrected chi connectivity index (χ0v) is 17.1. The smallest absolute Gasteiger partial charge is 0.268 e. The lowest BCUT2D eigenvalue weighted by molar-refractivity contribution is 0.0994. The van der Waals surface area contributed by atoms with Crippen LogP contribution in [-0.4, -0.2) is 31.7 Å². The maximum atomic E-state index is 11.3. The van der Waals surface area contributed by atoms with Gasteiger partial charge < -0.3 is 19.8 Å². The highest BCUT2D eigenvalue weighted by Gasteiger charge is 2.20. The van der Waals surface area contributed by atoms with Gasteiger partial charge in [-0.2, -0.15) is 0 Å². The third kappa shape index (κ3) is 4.08. The second-order valence-electron chi connectivity index (χ2n) is 7.21. The van der Waals surface area contributed by atoms with Gasteiger partial charge in [-0.1, -0.05) is 23.7 Å². The number of carbonyl (C=O) groups excluding carboxylic acids is 1. The molecule has 0 aliphatic carbocycles. The minimum atomic E-state index is -0.640. The summed E-state index contributed by atoms with van der Waals surface area (Å²) >= 11 is 5.97. The fourth-order valence-electron chi connectivity index (χ4n) is 3.51. The van der Waals surface area contributed by atoms with Gasteiger partial charge in [-0.25, -0.2) is 9.97 Å². The van der Waals surface area contributed by atoms with E-state index < -0.39 is 12.0 Å². The molecule has 3 N–H and O–H groups in total. The first kappa shape index (κ1) is 20.1. The lowest BCUT2D eigenvalue weighted by Gasteiger charge is -2.21. The van der Waals surface area contributed by atoms with Gasteiger partial charge >= 0.3 is 0 Å². The van der Waals surface area contributed by atoms with Crippen molar-refractivity contribution >= 4 is 28.6 Å². The van der Waals surface area contributed by atoms with E-state index in [1.807, 2.05) is 30.3 Å². The molecule has 0 spiro atoms. The Labute approximate surface area is 178 Å². The number of carbonyl (C=O) groups is 1. The maximum absolute atomic E-state index is 11.3. The quantitative estimate of drug-likeness (QED) is 0.466. The number of para-hydroxylation sites is 1. The molecule has 4 rings (SSSR count). The number of halogens is 1. The number of nitrogens with zero attached hydrogens (tertiary/aromatic N) is 3. The number of hydrogen-bond donors (Lipinski definition) is 2. The first-order valence-electron chi connectivity index (χ1n) is 9.58. The largest absolute Gasteiger partial charge is 0.436 e. The van der Waals surface area contributed by atoms with E-state index >= 15 is 0 Å². The summed E-state index contributed by atoms with van der Waals surface area (Å²) in [5.74, 6) is -0.0684. The normalized spacial score (nSPS) is 13.4. The van der Waals surface area contributed by atoms with E-state index in [0.717, 1.165) is 22.2 Å². The Hall–Kier alpha value is -3.16. The van der Waals surface area contributed by atoms with Gasteiger partial charge in [0.15, 0.2) is 5.58 Å². The molecule has 4 aromatic rings. The maximum Gasteiger partial charge on any atom is 0.268 e. The molecule has 30 heavy (non-hydrogen) atoms. The number of rotatable bonds is 7. The van der Waals surface area contributed by atoms with Crippen molar-refractivity contribution in [2.75, 3.05) is 0 Å². The van der Waals surface area contributed by atoms with Crippen molar-refractivity contribution in [2.45, 2.75) is 31.9 Å². The highest BCUT2D eigenvalue weighted by Crippen LogP contribution is 2.29. The number of hydrogen-bond acceptors (Lipinski definition) is 5. The average molecular weight is 425 g/mol. The van der Waals surface area contributed by atoms with E-state index in [-0.39, 0.29) is 11.7 Å². The van der Waals surface area contributed by atoms with Crippen LogP contribution in [0, 0.1) is 0 Å². The van der Waals surface area contributed by atoms with E-state index in [0.29, 0.717) is 23.8 Å². The van der Waals surface area contributed by atoms with Crippen molar-refractivity contribution in [3.05, 3.63) is 71.3 Å². The third-order valence-electron chi connectivity index (χ3n) is 5.09. The molecular formula is C22H21ClN4O3. The Balaban J connectivity index is 1.59. The topological polar surface area (TPSA) is 107 Å². The van der Waals surface area contributed by atoms with Crippen LogP contribution >= 0.6 is 11.6 Å². The van der Waals surface area contributed by atoms with Gasteiger partial charge in [0.25, 0.3) is 5.91 Å². The van der Waals surface area contributed by atoms with Crippen LogP contribution in [0.4, 0.5) is 0 Å². The third-order valence-corrected chi connectivity index (χ3v) is 5.34. The lowest BCUT2D eigenvalue weighted by atomic mass is 10.0. The van der Waals surface area contributed by atoms with E-state index in [1.165, 1.54) is 6.33 Å². The number of primary amides is 1. The Morgan fingerprint density at radius 3 is 2.70 bits per heavy atom. The molecule has 0 aliphatic rings. The minimum absolute atomic E-state index is 0.172. The van der Waals surface area contributed by atoms with Gasteiger partial charge in [0.2, 0.25) is 5.89 Å². The zero-order chi connectivity index (χ0) is 21.3. The van der Waals surface area contributed by atoms with Crippen LogP contribution in [-0.2, 0) is 6.42 Å². The molecule has 2 aromatic carbocycles. The summed E-state index contributed by atoms with van der Waals surface area (Å²) in [7, 11) is 0. The highest BCUT2D eigenvalue weighted by molar-refractivity contribution is 6.30.